The Labute approximate surface area is 359 Å². The van der Waals surface area contributed by atoms with Crippen molar-refractivity contribution in [2.24, 2.45) is 0 Å². The van der Waals surface area contributed by atoms with E-state index in [0.29, 0.717) is 38.8 Å². The van der Waals surface area contributed by atoms with E-state index in [4.69, 9.17) is 23.7 Å². The van der Waals surface area contributed by atoms with Gasteiger partial charge in [-0.25, -0.2) is 0 Å². The molecule has 4 rings (SSSR count). The van der Waals surface area contributed by atoms with Crippen LogP contribution in [0, 0.1) is 0 Å². The molecule has 6 heteroatoms. The Morgan fingerprint density at radius 1 is 0.271 bits per heavy atom. The number of rotatable bonds is 35. The molecule has 4 aromatic carbocycles. The molecule has 1 N–H and O–H groups in total. The molecule has 0 aliphatic rings. The first-order valence-electron chi connectivity index (χ1n) is 24.4. The van der Waals surface area contributed by atoms with Crippen LogP contribution in [0.2, 0.25) is 0 Å². The molecule has 0 radical (unpaired) electrons. The average molecular weight is 815 g/mol. The summed E-state index contributed by atoms with van der Waals surface area (Å²) in [5.41, 5.74) is 0. The molecule has 4 aromatic rings. The fraction of sp³-hybridized carbons (Fsp3) is 0.660. The van der Waals surface area contributed by atoms with E-state index in [1.807, 2.05) is 12.1 Å². The van der Waals surface area contributed by atoms with Crippen LogP contribution in [0.1, 0.15) is 195 Å². The molecule has 0 saturated heterocycles. The predicted octanol–water partition coefficient (Wildman–Crippen LogP) is 16.6. The lowest BCUT2D eigenvalue weighted by Gasteiger charge is -2.20. The van der Waals surface area contributed by atoms with E-state index in [9.17, 15) is 5.11 Å². The van der Waals surface area contributed by atoms with E-state index in [0.717, 1.165) is 120 Å². The molecule has 0 fully saturated rings. The summed E-state index contributed by atoms with van der Waals surface area (Å²) in [4.78, 5) is 0. The third-order valence-electron chi connectivity index (χ3n) is 11.7. The second-order valence-corrected chi connectivity index (χ2v) is 16.9. The lowest BCUT2D eigenvalue weighted by molar-refractivity contribution is 0.259. The molecule has 0 atom stereocenters. The summed E-state index contributed by atoms with van der Waals surface area (Å²) in [5, 5.41) is 17.7. The molecule has 59 heavy (non-hydrogen) atoms. The molecule has 0 aromatic heterocycles. The minimum absolute atomic E-state index is 0.157. The average Bonchev–Trinajstić information content (AvgIpc) is 3.24. The van der Waals surface area contributed by atoms with Crippen molar-refractivity contribution in [2.45, 2.75) is 195 Å². The Hall–Kier alpha value is -3.54. The zero-order valence-corrected chi connectivity index (χ0v) is 38.2. The van der Waals surface area contributed by atoms with Gasteiger partial charge in [0.05, 0.1) is 33.0 Å². The lowest BCUT2D eigenvalue weighted by atomic mass is 9.93. The Balaban J connectivity index is 1.84. The normalized spacial score (nSPS) is 11.5. The standard InChI is InChI=1S/C53H82O6/c1-6-11-16-21-26-31-55-49-37-43-42(36-48(49)54)44-38-50(56-32-27-22-17-12-7-2)52(58-34-29-24-19-14-9-4)40-46(44)47-41-53(59-35-30-25-20-15-10-5)51(39-45(43)47)57-33-28-23-18-13-8-3/h36-41,54H,6-35H2,1-5H3. The molecule has 0 heterocycles. The van der Waals surface area contributed by atoms with E-state index < -0.39 is 0 Å². The van der Waals surface area contributed by atoms with Crippen molar-refractivity contribution in [1.82, 2.24) is 0 Å². The van der Waals surface area contributed by atoms with Crippen molar-refractivity contribution in [3.8, 4) is 34.5 Å². The van der Waals surface area contributed by atoms with Crippen molar-refractivity contribution < 1.29 is 28.8 Å². The number of unbranched alkanes of at least 4 members (excludes halogenated alkanes) is 20. The van der Waals surface area contributed by atoms with E-state index in [1.165, 1.54) is 96.3 Å². The highest BCUT2D eigenvalue weighted by molar-refractivity contribution is 6.26. The Kier molecular flexibility index (Phi) is 23.5. The number of phenolic OH excluding ortho intramolecular Hbond substituents is 1. The number of hydrogen-bond acceptors (Lipinski definition) is 6. The van der Waals surface area contributed by atoms with Crippen LogP contribution >= 0.6 is 0 Å². The topological polar surface area (TPSA) is 66.4 Å². The van der Waals surface area contributed by atoms with Gasteiger partial charge in [-0.15, -0.1) is 0 Å². The number of ether oxygens (including phenoxy) is 5. The van der Waals surface area contributed by atoms with Crippen LogP contribution in [0.5, 0.6) is 34.5 Å². The van der Waals surface area contributed by atoms with E-state index >= 15 is 0 Å². The largest absolute Gasteiger partial charge is 0.504 e. The van der Waals surface area contributed by atoms with Crippen LogP contribution in [0.3, 0.4) is 0 Å². The minimum Gasteiger partial charge on any atom is -0.504 e. The molecule has 0 amide bonds. The first kappa shape index (κ1) is 48.1. The SMILES string of the molecule is CCCCCCCOc1cc2c(cc1O)c1cc(OCCCCCCC)c(OCCCCCCC)cc1c1cc(OCCCCCCC)c(OCCCCCCC)cc21. The molecule has 0 unspecified atom stereocenters. The number of benzene rings is 4. The molecule has 0 saturated carbocycles. The third-order valence-corrected chi connectivity index (χ3v) is 11.7. The number of aromatic hydroxyl groups is 1. The number of phenols is 1. The lowest BCUT2D eigenvalue weighted by Crippen LogP contribution is -2.04. The Morgan fingerprint density at radius 2 is 0.475 bits per heavy atom. The Morgan fingerprint density at radius 3 is 0.729 bits per heavy atom. The van der Waals surface area contributed by atoms with Gasteiger partial charge in [-0.05, 0) is 101 Å². The molecule has 0 bridgehead atoms. The fourth-order valence-electron chi connectivity index (χ4n) is 8.03. The molecular weight excluding hydrogens is 733 g/mol. The molecule has 0 aliphatic carbocycles. The fourth-order valence-corrected chi connectivity index (χ4v) is 8.03. The summed E-state index contributed by atoms with van der Waals surface area (Å²) < 4.78 is 32.8. The monoisotopic (exact) mass is 815 g/mol. The smallest absolute Gasteiger partial charge is 0.161 e. The molecule has 0 aliphatic heterocycles. The maximum absolute atomic E-state index is 11.5. The van der Waals surface area contributed by atoms with Gasteiger partial charge in [0, 0.05) is 0 Å². The van der Waals surface area contributed by atoms with E-state index in [1.54, 1.807) is 0 Å². The van der Waals surface area contributed by atoms with Crippen molar-refractivity contribution in [1.29, 1.82) is 0 Å². The first-order chi connectivity index (χ1) is 29.1. The molecular formula is C53H82O6. The highest BCUT2D eigenvalue weighted by Gasteiger charge is 2.20. The minimum atomic E-state index is 0.157. The maximum atomic E-state index is 11.5. The van der Waals surface area contributed by atoms with Crippen molar-refractivity contribution in [3.63, 3.8) is 0 Å². The van der Waals surface area contributed by atoms with E-state index in [-0.39, 0.29) is 5.75 Å². The zero-order chi connectivity index (χ0) is 41.9. The zero-order valence-electron chi connectivity index (χ0n) is 38.2. The van der Waals surface area contributed by atoms with E-state index in [2.05, 4.69) is 58.9 Å². The van der Waals surface area contributed by atoms with Gasteiger partial charge in [0.2, 0.25) is 0 Å². The summed E-state index contributed by atoms with van der Waals surface area (Å²) in [5.74, 6) is 3.78. The van der Waals surface area contributed by atoms with Crippen molar-refractivity contribution >= 4 is 32.3 Å². The van der Waals surface area contributed by atoms with Gasteiger partial charge in [-0.2, -0.15) is 0 Å². The van der Waals surface area contributed by atoms with Crippen molar-refractivity contribution in [3.05, 3.63) is 36.4 Å². The van der Waals surface area contributed by atoms with Crippen LogP contribution in [-0.2, 0) is 0 Å². The van der Waals surface area contributed by atoms with Gasteiger partial charge in [0.25, 0.3) is 0 Å². The van der Waals surface area contributed by atoms with Crippen molar-refractivity contribution in [2.75, 3.05) is 33.0 Å². The number of hydrogen-bond donors (Lipinski definition) is 1. The number of fused-ring (bicyclic) bond motifs is 6. The maximum Gasteiger partial charge on any atom is 0.161 e. The highest BCUT2D eigenvalue weighted by Crippen LogP contribution is 2.47. The summed E-state index contributed by atoms with van der Waals surface area (Å²) >= 11 is 0. The van der Waals surface area contributed by atoms with Crippen LogP contribution in [0.15, 0.2) is 36.4 Å². The Bertz CT molecular complexity index is 1700. The van der Waals surface area contributed by atoms with Gasteiger partial charge in [-0.1, -0.05) is 163 Å². The highest BCUT2D eigenvalue weighted by atomic mass is 16.5. The van der Waals surface area contributed by atoms with Gasteiger partial charge in [0.1, 0.15) is 0 Å². The molecule has 0 spiro atoms. The summed E-state index contributed by atoms with van der Waals surface area (Å²) in [7, 11) is 0. The summed E-state index contributed by atoms with van der Waals surface area (Å²) in [6.07, 6.45) is 29.3. The van der Waals surface area contributed by atoms with Crippen LogP contribution < -0.4 is 23.7 Å². The van der Waals surface area contributed by atoms with Crippen LogP contribution in [0.4, 0.5) is 0 Å². The molecule has 330 valence electrons. The summed E-state index contributed by atoms with van der Waals surface area (Å²) in [6.45, 7) is 14.4. The van der Waals surface area contributed by atoms with Crippen LogP contribution in [-0.4, -0.2) is 38.1 Å². The van der Waals surface area contributed by atoms with Gasteiger partial charge >= 0.3 is 0 Å². The quantitative estimate of drug-likeness (QED) is 0.0369. The third kappa shape index (κ3) is 16.1. The van der Waals surface area contributed by atoms with Gasteiger partial charge < -0.3 is 28.8 Å². The van der Waals surface area contributed by atoms with Gasteiger partial charge in [-0.3, -0.25) is 0 Å². The summed E-state index contributed by atoms with van der Waals surface area (Å²) in [6, 6.07) is 12.6. The van der Waals surface area contributed by atoms with Crippen LogP contribution in [0.25, 0.3) is 32.3 Å². The van der Waals surface area contributed by atoms with Gasteiger partial charge in [0.15, 0.2) is 34.5 Å². The first-order valence-corrected chi connectivity index (χ1v) is 24.4. The second kappa shape index (κ2) is 28.8. The second-order valence-electron chi connectivity index (χ2n) is 16.9. The molecule has 6 nitrogen and oxygen atoms in total. The predicted molar refractivity (Wildman–Crippen MR) is 252 cm³/mol.